The summed E-state index contributed by atoms with van der Waals surface area (Å²) in [6.07, 6.45) is 0.327. The highest BCUT2D eigenvalue weighted by atomic mass is 35.5. The fourth-order valence-electron chi connectivity index (χ4n) is 1.45. The number of nitro groups is 1. The van der Waals surface area contributed by atoms with E-state index in [4.69, 9.17) is 16.7 Å². The first-order valence-electron chi connectivity index (χ1n) is 5.65. The van der Waals surface area contributed by atoms with Crippen molar-refractivity contribution in [3.8, 4) is 0 Å². The molecular weight excluding hydrogens is 306 g/mol. The molecule has 3 N–H and O–H groups in total. The number of nitrogens with one attached hydrogen (secondary N) is 1. The first-order valence-corrected chi connectivity index (χ1v) is 6.02. The Bertz CT molecular complexity index is 589. The van der Waals surface area contributed by atoms with E-state index in [1.54, 1.807) is 0 Å². The van der Waals surface area contributed by atoms with Gasteiger partial charge < -0.3 is 15.5 Å². The first kappa shape index (κ1) is 16.8. The summed E-state index contributed by atoms with van der Waals surface area (Å²) in [7, 11) is 0. The van der Waals surface area contributed by atoms with Gasteiger partial charge >= 0.3 is 5.97 Å². The minimum Gasteiger partial charge on any atom is -0.481 e. The van der Waals surface area contributed by atoms with Gasteiger partial charge in [-0.05, 0) is 6.92 Å². The number of hydrogen-bond acceptors (Lipinski definition) is 6. The van der Waals surface area contributed by atoms with E-state index in [-0.39, 0.29) is 17.3 Å². The quantitative estimate of drug-likeness (QED) is 0.396. The molecule has 0 bridgehead atoms. The molecule has 1 rings (SSSR count). The van der Waals surface area contributed by atoms with Crippen molar-refractivity contribution < 1.29 is 24.7 Å². The third-order valence-electron chi connectivity index (χ3n) is 2.44. The summed E-state index contributed by atoms with van der Waals surface area (Å²) in [5, 5.41) is 31.0. The molecule has 0 fully saturated rings. The molecule has 0 aromatic carbocycles. The van der Waals surface area contributed by atoms with Gasteiger partial charge in [0.2, 0.25) is 0 Å². The van der Waals surface area contributed by atoms with Gasteiger partial charge in [-0.15, -0.1) is 0 Å². The van der Waals surface area contributed by atoms with E-state index >= 15 is 0 Å². The number of amides is 1. The summed E-state index contributed by atoms with van der Waals surface area (Å²) in [4.78, 5) is 35.8. The van der Waals surface area contributed by atoms with E-state index < -0.39 is 34.5 Å². The van der Waals surface area contributed by atoms with Crippen LogP contribution in [0.1, 0.15) is 23.7 Å². The number of carbonyl (C=O) groups excluding carboxylic acids is 1. The maximum Gasteiger partial charge on any atom is 0.306 e. The van der Waals surface area contributed by atoms with Crippen LogP contribution in [0.2, 0.25) is 5.15 Å². The number of halogens is 1. The molecule has 0 saturated carbocycles. The van der Waals surface area contributed by atoms with Gasteiger partial charge in [-0.2, -0.15) is 0 Å². The number of nitrogens with zero attached hydrogens (tertiary/aromatic N) is 2. The molecule has 1 atom stereocenters. The van der Waals surface area contributed by atoms with Gasteiger partial charge in [-0.25, -0.2) is 4.98 Å². The molecule has 0 radical (unpaired) electrons. The highest BCUT2D eigenvalue weighted by molar-refractivity contribution is 6.32. The summed E-state index contributed by atoms with van der Waals surface area (Å²) < 4.78 is 0. The second kappa shape index (κ2) is 6.46. The van der Waals surface area contributed by atoms with E-state index in [0.717, 1.165) is 12.3 Å². The molecule has 9 nitrogen and oxygen atoms in total. The van der Waals surface area contributed by atoms with Crippen molar-refractivity contribution >= 4 is 29.2 Å². The molecular formula is C11H12ClN3O6. The average molecular weight is 318 g/mol. The Kier molecular flexibility index (Phi) is 5.17. The van der Waals surface area contributed by atoms with Crippen LogP contribution in [-0.2, 0) is 4.79 Å². The molecule has 0 spiro atoms. The summed E-state index contributed by atoms with van der Waals surface area (Å²) in [6, 6.07) is 0.941. The van der Waals surface area contributed by atoms with Gasteiger partial charge in [-0.1, -0.05) is 11.6 Å². The number of hydrogen-bond donors (Lipinski definition) is 3. The molecule has 10 heteroatoms. The van der Waals surface area contributed by atoms with Crippen LogP contribution in [0.15, 0.2) is 12.3 Å². The number of aliphatic hydroxyl groups is 1. The first-order chi connectivity index (χ1) is 9.62. The lowest BCUT2D eigenvalue weighted by molar-refractivity contribution is -0.385. The van der Waals surface area contributed by atoms with Crippen LogP contribution in [-0.4, -0.2) is 44.1 Å². The van der Waals surface area contributed by atoms with E-state index in [0.29, 0.717) is 0 Å². The minimum atomic E-state index is -1.66. The lowest BCUT2D eigenvalue weighted by atomic mass is 10.0. The number of rotatable bonds is 6. The van der Waals surface area contributed by atoms with Crippen LogP contribution >= 0.6 is 11.6 Å². The summed E-state index contributed by atoms with van der Waals surface area (Å²) >= 11 is 5.68. The molecule has 0 aliphatic carbocycles. The molecule has 0 aliphatic rings. The fourth-order valence-corrected chi connectivity index (χ4v) is 1.64. The highest BCUT2D eigenvalue weighted by Crippen LogP contribution is 2.19. The molecule has 0 saturated heterocycles. The third kappa shape index (κ3) is 4.97. The average Bonchev–Trinajstić information content (AvgIpc) is 2.34. The zero-order valence-electron chi connectivity index (χ0n) is 10.9. The molecule has 1 aromatic rings. The predicted molar refractivity (Wildman–Crippen MR) is 71.1 cm³/mol. The predicted octanol–water partition coefficient (Wildman–Crippen LogP) is 0.599. The van der Waals surface area contributed by atoms with Gasteiger partial charge in [0.1, 0.15) is 11.3 Å². The molecule has 21 heavy (non-hydrogen) atoms. The van der Waals surface area contributed by atoms with Crippen LogP contribution in [0.4, 0.5) is 5.69 Å². The largest absolute Gasteiger partial charge is 0.481 e. The molecule has 1 heterocycles. The summed E-state index contributed by atoms with van der Waals surface area (Å²) in [5.74, 6) is -2.04. The monoisotopic (exact) mass is 317 g/mol. The Hall–Kier alpha value is -2.26. The lowest BCUT2D eigenvalue weighted by Crippen LogP contribution is -2.42. The number of aliphatic carboxylic acids is 1. The summed E-state index contributed by atoms with van der Waals surface area (Å²) in [6.45, 7) is 0.867. The summed E-state index contributed by atoms with van der Waals surface area (Å²) in [5.41, 5.74) is -2.32. The highest BCUT2D eigenvalue weighted by Gasteiger charge is 2.26. The zero-order valence-corrected chi connectivity index (χ0v) is 11.6. The number of aromatic nitrogens is 1. The lowest BCUT2D eigenvalue weighted by Gasteiger charge is -2.21. The van der Waals surface area contributed by atoms with Crippen molar-refractivity contribution in [1.82, 2.24) is 10.3 Å². The molecule has 1 unspecified atom stereocenters. The van der Waals surface area contributed by atoms with E-state index in [1.807, 2.05) is 0 Å². The number of carboxylic acids is 1. The van der Waals surface area contributed by atoms with Crippen molar-refractivity contribution in [3.05, 3.63) is 33.1 Å². The minimum absolute atomic E-state index is 0.239. The van der Waals surface area contributed by atoms with Crippen LogP contribution in [0, 0.1) is 10.1 Å². The molecule has 0 aliphatic heterocycles. The van der Waals surface area contributed by atoms with Gasteiger partial charge in [0.15, 0.2) is 0 Å². The van der Waals surface area contributed by atoms with Crippen LogP contribution in [0.3, 0.4) is 0 Å². The second-order valence-corrected chi connectivity index (χ2v) is 4.90. The van der Waals surface area contributed by atoms with E-state index in [2.05, 4.69) is 10.3 Å². The Morgan fingerprint density at radius 1 is 1.57 bits per heavy atom. The topological polar surface area (TPSA) is 143 Å². The standard InChI is InChI=1S/C11H12ClN3O6/c1-11(19,3-8(16)17)5-14-10(18)7-2-6(15(20)21)4-13-9(7)12/h2,4,19H,3,5H2,1H3,(H,14,18)(H,16,17). The van der Waals surface area contributed by atoms with Gasteiger partial charge in [0.05, 0.1) is 22.5 Å². The maximum atomic E-state index is 11.9. The van der Waals surface area contributed by atoms with E-state index in [1.165, 1.54) is 6.92 Å². The number of carboxylic acid groups (broad SMARTS) is 1. The van der Waals surface area contributed by atoms with Crippen molar-refractivity contribution in [2.75, 3.05) is 6.54 Å². The normalized spacial score (nSPS) is 13.3. The van der Waals surface area contributed by atoms with Crippen LogP contribution in [0.25, 0.3) is 0 Å². The van der Waals surface area contributed by atoms with Crippen LogP contribution < -0.4 is 5.32 Å². The Morgan fingerprint density at radius 3 is 2.71 bits per heavy atom. The van der Waals surface area contributed by atoms with Gasteiger partial charge in [0, 0.05) is 12.6 Å². The number of pyridine rings is 1. The Balaban J connectivity index is 2.83. The van der Waals surface area contributed by atoms with Crippen molar-refractivity contribution in [2.24, 2.45) is 0 Å². The second-order valence-electron chi connectivity index (χ2n) is 4.54. The van der Waals surface area contributed by atoms with Crippen molar-refractivity contribution in [1.29, 1.82) is 0 Å². The maximum absolute atomic E-state index is 11.9. The number of carbonyl (C=O) groups is 2. The zero-order chi connectivity index (χ0) is 16.2. The van der Waals surface area contributed by atoms with Gasteiger partial charge in [-0.3, -0.25) is 19.7 Å². The van der Waals surface area contributed by atoms with E-state index in [9.17, 15) is 24.8 Å². The molecule has 1 aromatic heterocycles. The van der Waals surface area contributed by atoms with Crippen LogP contribution in [0.5, 0.6) is 0 Å². The SMILES string of the molecule is CC(O)(CNC(=O)c1cc([N+](=O)[O-])cnc1Cl)CC(=O)O. The molecule has 114 valence electrons. The van der Waals surface area contributed by atoms with Crippen molar-refractivity contribution in [2.45, 2.75) is 18.9 Å². The van der Waals surface area contributed by atoms with Gasteiger partial charge in [0.25, 0.3) is 11.6 Å². The smallest absolute Gasteiger partial charge is 0.306 e. The third-order valence-corrected chi connectivity index (χ3v) is 2.74. The Morgan fingerprint density at radius 2 is 2.19 bits per heavy atom. The fraction of sp³-hybridized carbons (Fsp3) is 0.364. The Labute approximate surface area is 123 Å². The molecule has 1 amide bonds. The van der Waals surface area contributed by atoms with Crippen molar-refractivity contribution in [3.63, 3.8) is 0 Å².